The van der Waals surface area contributed by atoms with E-state index in [1.807, 2.05) is 18.2 Å². The van der Waals surface area contributed by atoms with Gasteiger partial charge >= 0.3 is 0 Å². The van der Waals surface area contributed by atoms with Gasteiger partial charge in [-0.05, 0) is 31.4 Å². The monoisotopic (exact) mass is 358 g/mol. The van der Waals surface area contributed by atoms with Crippen molar-refractivity contribution in [2.24, 2.45) is 11.7 Å². The fourth-order valence-electron chi connectivity index (χ4n) is 3.00. The van der Waals surface area contributed by atoms with Crippen LogP contribution in [0.1, 0.15) is 19.3 Å². The number of nitrogens with zero attached hydrogens (tertiary/aromatic N) is 1. The van der Waals surface area contributed by atoms with Crippen LogP contribution in [0.5, 0.6) is 11.5 Å². The first kappa shape index (κ1) is 20.5. The number of rotatable bonds is 7. The number of methoxy groups -OCH3 is 3. The van der Waals surface area contributed by atoms with Gasteiger partial charge in [-0.15, -0.1) is 12.4 Å². The Bertz CT molecular complexity index is 541. The standard InChI is InChI=1S/C17H26N2O4.ClH/c1-21-9-8-19(17(20)12-4-5-13(18)10-12)14-6-7-15(22-2)16(11-14)23-3;/h6-7,11-13H,4-5,8-10,18H2,1-3H3;1H. The van der Waals surface area contributed by atoms with E-state index in [0.717, 1.165) is 24.9 Å². The predicted octanol–water partition coefficient (Wildman–Crippen LogP) is 2.23. The lowest BCUT2D eigenvalue weighted by Crippen LogP contribution is -2.38. The molecule has 2 atom stereocenters. The highest BCUT2D eigenvalue weighted by atomic mass is 35.5. The van der Waals surface area contributed by atoms with Crippen molar-refractivity contribution in [1.82, 2.24) is 0 Å². The summed E-state index contributed by atoms with van der Waals surface area (Å²) in [5.41, 5.74) is 6.74. The summed E-state index contributed by atoms with van der Waals surface area (Å²) in [6, 6.07) is 5.62. The van der Waals surface area contributed by atoms with Gasteiger partial charge in [-0.1, -0.05) is 0 Å². The molecule has 0 bridgehead atoms. The lowest BCUT2D eigenvalue weighted by atomic mass is 10.1. The van der Waals surface area contributed by atoms with Gasteiger partial charge < -0.3 is 24.8 Å². The number of nitrogens with two attached hydrogens (primary N) is 1. The summed E-state index contributed by atoms with van der Waals surface area (Å²) < 4.78 is 15.8. The number of carbonyl (C=O) groups excluding carboxylic acids is 1. The van der Waals surface area contributed by atoms with Crippen LogP contribution in [0, 0.1) is 5.92 Å². The molecule has 0 saturated heterocycles. The van der Waals surface area contributed by atoms with Crippen molar-refractivity contribution in [3.05, 3.63) is 18.2 Å². The second-order valence-corrected chi connectivity index (χ2v) is 5.79. The third kappa shape index (κ3) is 4.75. The third-order valence-electron chi connectivity index (χ3n) is 4.29. The van der Waals surface area contributed by atoms with Gasteiger partial charge in [0.25, 0.3) is 0 Å². The molecule has 0 heterocycles. The van der Waals surface area contributed by atoms with E-state index in [0.29, 0.717) is 24.7 Å². The average molecular weight is 359 g/mol. The second kappa shape index (κ2) is 9.71. The van der Waals surface area contributed by atoms with E-state index < -0.39 is 0 Å². The van der Waals surface area contributed by atoms with Crippen LogP contribution in [0.3, 0.4) is 0 Å². The first-order chi connectivity index (χ1) is 11.1. The Morgan fingerprint density at radius 1 is 1.21 bits per heavy atom. The van der Waals surface area contributed by atoms with Crippen molar-refractivity contribution in [1.29, 1.82) is 0 Å². The van der Waals surface area contributed by atoms with E-state index in [2.05, 4.69) is 0 Å². The minimum atomic E-state index is -0.0186. The predicted molar refractivity (Wildman–Crippen MR) is 96.3 cm³/mol. The molecule has 1 aliphatic rings. The Labute approximate surface area is 149 Å². The second-order valence-electron chi connectivity index (χ2n) is 5.79. The van der Waals surface area contributed by atoms with Gasteiger partial charge in [-0.2, -0.15) is 0 Å². The highest BCUT2D eigenvalue weighted by Gasteiger charge is 2.31. The van der Waals surface area contributed by atoms with E-state index in [1.165, 1.54) is 0 Å². The highest BCUT2D eigenvalue weighted by molar-refractivity contribution is 5.95. The van der Waals surface area contributed by atoms with Gasteiger partial charge in [0.15, 0.2) is 11.5 Å². The molecular formula is C17H27ClN2O4. The molecule has 136 valence electrons. The van der Waals surface area contributed by atoms with Crippen LogP contribution in [0.25, 0.3) is 0 Å². The lowest BCUT2D eigenvalue weighted by Gasteiger charge is -2.26. The van der Waals surface area contributed by atoms with Crippen LogP contribution in [-0.2, 0) is 9.53 Å². The van der Waals surface area contributed by atoms with Crippen LogP contribution in [-0.4, -0.2) is 46.4 Å². The maximum absolute atomic E-state index is 12.9. The molecular weight excluding hydrogens is 332 g/mol. The molecule has 1 aliphatic carbocycles. The average Bonchev–Trinajstić information content (AvgIpc) is 3.01. The van der Waals surface area contributed by atoms with Gasteiger partial charge in [0, 0.05) is 37.4 Å². The summed E-state index contributed by atoms with van der Waals surface area (Å²) >= 11 is 0. The number of anilines is 1. The number of benzene rings is 1. The normalized spacial score (nSPS) is 19.5. The molecule has 1 aromatic rings. The quantitative estimate of drug-likeness (QED) is 0.809. The summed E-state index contributed by atoms with van der Waals surface area (Å²) in [5, 5.41) is 0. The zero-order valence-corrected chi connectivity index (χ0v) is 15.3. The van der Waals surface area contributed by atoms with E-state index in [-0.39, 0.29) is 30.3 Å². The van der Waals surface area contributed by atoms with E-state index in [1.54, 1.807) is 26.2 Å². The first-order valence-corrected chi connectivity index (χ1v) is 7.88. The first-order valence-electron chi connectivity index (χ1n) is 7.88. The van der Waals surface area contributed by atoms with Crippen molar-refractivity contribution < 1.29 is 19.0 Å². The molecule has 1 saturated carbocycles. The maximum Gasteiger partial charge on any atom is 0.230 e. The van der Waals surface area contributed by atoms with Crippen LogP contribution >= 0.6 is 12.4 Å². The Morgan fingerprint density at radius 2 is 1.92 bits per heavy atom. The van der Waals surface area contributed by atoms with E-state index >= 15 is 0 Å². The Morgan fingerprint density at radius 3 is 2.46 bits per heavy atom. The van der Waals surface area contributed by atoms with Crippen molar-refractivity contribution in [3.8, 4) is 11.5 Å². The number of carbonyl (C=O) groups is 1. The van der Waals surface area contributed by atoms with Gasteiger partial charge in [0.2, 0.25) is 5.91 Å². The molecule has 0 aromatic heterocycles. The minimum absolute atomic E-state index is 0. The maximum atomic E-state index is 12.9. The Hall–Kier alpha value is -1.50. The molecule has 1 amide bonds. The van der Waals surface area contributed by atoms with Gasteiger partial charge in [-0.3, -0.25) is 4.79 Å². The molecule has 0 spiro atoms. The molecule has 2 N–H and O–H groups in total. The zero-order valence-electron chi connectivity index (χ0n) is 14.5. The Balaban J connectivity index is 0.00000288. The number of hydrogen-bond donors (Lipinski definition) is 1. The van der Waals surface area contributed by atoms with Gasteiger partial charge in [0.05, 0.1) is 20.8 Å². The number of amides is 1. The largest absolute Gasteiger partial charge is 0.493 e. The van der Waals surface area contributed by atoms with Crippen LogP contribution in [0.15, 0.2) is 18.2 Å². The summed E-state index contributed by atoms with van der Waals surface area (Å²) in [5.74, 6) is 1.32. The molecule has 2 rings (SSSR count). The summed E-state index contributed by atoms with van der Waals surface area (Å²) in [6.45, 7) is 0.968. The third-order valence-corrected chi connectivity index (χ3v) is 4.29. The zero-order chi connectivity index (χ0) is 16.8. The summed E-state index contributed by atoms with van der Waals surface area (Å²) in [4.78, 5) is 14.7. The SMILES string of the molecule is COCCN(C(=O)C1CCC(N)C1)c1ccc(OC)c(OC)c1.Cl. The highest BCUT2D eigenvalue weighted by Crippen LogP contribution is 2.33. The topological polar surface area (TPSA) is 74.0 Å². The van der Waals surface area contributed by atoms with Crippen molar-refractivity contribution >= 4 is 24.0 Å². The van der Waals surface area contributed by atoms with Crippen LogP contribution < -0.4 is 20.1 Å². The fraction of sp³-hybridized carbons (Fsp3) is 0.588. The summed E-state index contributed by atoms with van der Waals surface area (Å²) in [6.07, 6.45) is 2.49. The smallest absolute Gasteiger partial charge is 0.230 e. The number of ether oxygens (including phenoxy) is 3. The molecule has 7 heteroatoms. The molecule has 2 unspecified atom stereocenters. The van der Waals surface area contributed by atoms with Gasteiger partial charge in [-0.25, -0.2) is 0 Å². The molecule has 6 nitrogen and oxygen atoms in total. The molecule has 0 aliphatic heterocycles. The number of hydrogen-bond acceptors (Lipinski definition) is 5. The van der Waals surface area contributed by atoms with Crippen LogP contribution in [0.2, 0.25) is 0 Å². The van der Waals surface area contributed by atoms with Crippen LogP contribution in [0.4, 0.5) is 5.69 Å². The fourth-order valence-corrected chi connectivity index (χ4v) is 3.00. The van der Waals surface area contributed by atoms with Crippen molar-refractivity contribution in [3.63, 3.8) is 0 Å². The van der Waals surface area contributed by atoms with E-state index in [9.17, 15) is 4.79 Å². The lowest BCUT2D eigenvalue weighted by molar-refractivity contribution is -0.122. The van der Waals surface area contributed by atoms with Crippen molar-refractivity contribution in [2.45, 2.75) is 25.3 Å². The molecule has 0 radical (unpaired) electrons. The van der Waals surface area contributed by atoms with Crippen molar-refractivity contribution in [2.75, 3.05) is 39.4 Å². The summed E-state index contributed by atoms with van der Waals surface area (Å²) in [7, 11) is 4.80. The minimum Gasteiger partial charge on any atom is -0.493 e. The Kier molecular flexibility index (Phi) is 8.31. The van der Waals surface area contributed by atoms with Gasteiger partial charge in [0.1, 0.15) is 0 Å². The molecule has 1 aromatic carbocycles. The molecule has 24 heavy (non-hydrogen) atoms. The van der Waals surface area contributed by atoms with E-state index in [4.69, 9.17) is 19.9 Å². The molecule has 1 fully saturated rings. The number of halogens is 1.